The van der Waals surface area contributed by atoms with Crippen LogP contribution in [0.15, 0.2) is 30.3 Å². The fourth-order valence-corrected chi connectivity index (χ4v) is 3.60. The van der Waals surface area contributed by atoms with Crippen LogP contribution >= 0.6 is 0 Å². The van der Waals surface area contributed by atoms with E-state index in [9.17, 15) is 4.79 Å². The van der Waals surface area contributed by atoms with Crippen LogP contribution in [0.1, 0.15) is 18.4 Å². The van der Waals surface area contributed by atoms with Gasteiger partial charge in [0.15, 0.2) is 0 Å². The van der Waals surface area contributed by atoms with Crippen molar-refractivity contribution in [1.29, 1.82) is 0 Å². The molecule has 0 bridgehead atoms. The second-order valence-corrected chi connectivity index (χ2v) is 6.02. The molecule has 3 atom stereocenters. The summed E-state index contributed by atoms with van der Waals surface area (Å²) in [5.74, 6) is 0.729. The van der Waals surface area contributed by atoms with Gasteiger partial charge in [0.2, 0.25) is 5.91 Å². The summed E-state index contributed by atoms with van der Waals surface area (Å²) in [6.07, 6.45) is 2.68. The number of benzene rings is 1. The van der Waals surface area contributed by atoms with Gasteiger partial charge in [-0.1, -0.05) is 30.3 Å². The molecule has 1 aromatic rings. The number of nitrogens with zero attached hydrogens (tertiary/aromatic N) is 1. The number of fused-ring (bicyclic) bond motifs is 1. The Morgan fingerprint density at radius 2 is 2.14 bits per heavy atom. The van der Waals surface area contributed by atoms with Crippen molar-refractivity contribution >= 4 is 5.91 Å². The van der Waals surface area contributed by atoms with Crippen molar-refractivity contribution in [2.75, 3.05) is 26.9 Å². The van der Waals surface area contributed by atoms with Gasteiger partial charge in [-0.25, -0.2) is 0 Å². The van der Waals surface area contributed by atoms with Crippen molar-refractivity contribution in [3.63, 3.8) is 0 Å². The molecule has 1 saturated heterocycles. The molecular weight excluding hydrogens is 266 g/mol. The summed E-state index contributed by atoms with van der Waals surface area (Å²) < 4.78 is 11.1. The molecular formula is C17H23NO3. The number of carbonyl (C=O) groups excluding carboxylic acids is 1. The Balaban J connectivity index is 1.65. The van der Waals surface area contributed by atoms with Crippen molar-refractivity contribution in [1.82, 2.24) is 4.90 Å². The summed E-state index contributed by atoms with van der Waals surface area (Å²) in [4.78, 5) is 14.7. The molecule has 1 heterocycles. The average Bonchev–Trinajstić information content (AvgIpc) is 2.91. The SMILES string of the molecule is COCC1C[C@@H]2OCCN(C(=O)Cc3ccccc3)[C@H]2C1. The quantitative estimate of drug-likeness (QED) is 0.849. The van der Waals surface area contributed by atoms with Gasteiger partial charge in [0, 0.05) is 20.3 Å². The van der Waals surface area contributed by atoms with Crippen LogP contribution in [0.25, 0.3) is 0 Å². The highest BCUT2D eigenvalue weighted by molar-refractivity contribution is 5.79. The lowest BCUT2D eigenvalue weighted by atomic mass is 10.1. The largest absolute Gasteiger partial charge is 0.384 e. The number of ether oxygens (including phenoxy) is 2. The zero-order chi connectivity index (χ0) is 14.7. The first-order valence-electron chi connectivity index (χ1n) is 7.72. The van der Waals surface area contributed by atoms with Gasteiger partial charge in [-0.3, -0.25) is 4.79 Å². The van der Waals surface area contributed by atoms with Crippen LogP contribution in [0.2, 0.25) is 0 Å². The monoisotopic (exact) mass is 289 g/mol. The van der Waals surface area contributed by atoms with Crippen LogP contribution < -0.4 is 0 Å². The van der Waals surface area contributed by atoms with E-state index in [1.807, 2.05) is 35.2 Å². The molecule has 1 aliphatic carbocycles. The standard InChI is InChI=1S/C17H23NO3/c1-20-12-14-9-15-16(10-14)21-8-7-18(15)17(19)11-13-5-3-2-4-6-13/h2-6,14-16H,7-12H2,1H3/t14?,15-,16-/m0/s1. The van der Waals surface area contributed by atoms with Crippen molar-refractivity contribution in [3.05, 3.63) is 35.9 Å². The molecule has 1 unspecified atom stereocenters. The van der Waals surface area contributed by atoms with Crippen molar-refractivity contribution < 1.29 is 14.3 Å². The van der Waals surface area contributed by atoms with Crippen LogP contribution in [0, 0.1) is 5.92 Å². The zero-order valence-electron chi connectivity index (χ0n) is 12.5. The Morgan fingerprint density at radius 3 is 2.90 bits per heavy atom. The fraction of sp³-hybridized carbons (Fsp3) is 0.588. The maximum Gasteiger partial charge on any atom is 0.227 e. The molecule has 4 nitrogen and oxygen atoms in total. The van der Waals surface area contributed by atoms with Gasteiger partial charge in [0.05, 0.1) is 25.2 Å². The van der Waals surface area contributed by atoms with E-state index in [-0.39, 0.29) is 18.1 Å². The first kappa shape index (κ1) is 14.5. The van der Waals surface area contributed by atoms with Gasteiger partial charge < -0.3 is 14.4 Å². The Hall–Kier alpha value is -1.39. The number of morpholine rings is 1. The maximum absolute atomic E-state index is 12.6. The molecule has 4 heteroatoms. The summed E-state index contributed by atoms with van der Waals surface area (Å²) >= 11 is 0. The summed E-state index contributed by atoms with van der Waals surface area (Å²) in [6.45, 7) is 2.13. The van der Waals surface area contributed by atoms with Gasteiger partial charge in [-0.15, -0.1) is 0 Å². The first-order chi connectivity index (χ1) is 10.3. The Bertz CT molecular complexity index is 476. The van der Waals surface area contributed by atoms with Gasteiger partial charge >= 0.3 is 0 Å². The maximum atomic E-state index is 12.6. The minimum atomic E-state index is 0.193. The molecule has 21 heavy (non-hydrogen) atoms. The highest BCUT2D eigenvalue weighted by atomic mass is 16.5. The molecule has 2 aliphatic rings. The number of amides is 1. The van der Waals surface area contributed by atoms with Gasteiger partial charge in [0.1, 0.15) is 0 Å². The Labute approximate surface area is 126 Å². The molecule has 3 rings (SSSR count). The smallest absolute Gasteiger partial charge is 0.227 e. The number of hydrogen-bond donors (Lipinski definition) is 0. The van der Waals surface area contributed by atoms with Crippen LogP contribution in [0.5, 0.6) is 0 Å². The third-order valence-electron chi connectivity index (χ3n) is 4.55. The van der Waals surface area contributed by atoms with Crippen molar-refractivity contribution in [2.24, 2.45) is 5.92 Å². The van der Waals surface area contributed by atoms with Crippen molar-refractivity contribution in [3.8, 4) is 0 Å². The molecule has 0 N–H and O–H groups in total. The summed E-state index contributed by atoms with van der Waals surface area (Å²) in [6, 6.07) is 10.2. The average molecular weight is 289 g/mol. The van der Waals surface area contributed by atoms with Gasteiger partial charge in [0.25, 0.3) is 0 Å². The lowest BCUT2D eigenvalue weighted by molar-refractivity contribution is -0.143. The predicted octanol–water partition coefficient (Wildman–Crippen LogP) is 1.88. The van der Waals surface area contributed by atoms with E-state index in [0.29, 0.717) is 25.5 Å². The van der Waals surface area contributed by atoms with E-state index in [4.69, 9.17) is 9.47 Å². The third kappa shape index (κ3) is 3.27. The molecule has 1 aromatic carbocycles. The second-order valence-electron chi connectivity index (χ2n) is 6.02. The number of rotatable bonds is 4. The summed E-state index contributed by atoms with van der Waals surface area (Å²) in [5.41, 5.74) is 1.08. The molecule has 2 fully saturated rings. The number of methoxy groups -OCH3 is 1. The van der Waals surface area contributed by atoms with E-state index >= 15 is 0 Å². The van der Waals surface area contributed by atoms with Gasteiger partial charge in [-0.2, -0.15) is 0 Å². The normalized spacial score (nSPS) is 28.4. The van der Waals surface area contributed by atoms with E-state index in [2.05, 4.69) is 0 Å². The molecule has 0 radical (unpaired) electrons. The Morgan fingerprint density at radius 1 is 1.33 bits per heavy atom. The van der Waals surface area contributed by atoms with Crippen molar-refractivity contribution in [2.45, 2.75) is 31.4 Å². The number of hydrogen-bond acceptors (Lipinski definition) is 3. The molecule has 1 amide bonds. The minimum Gasteiger partial charge on any atom is -0.384 e. The minimum absolute atomic E-state index is 0.193. The van der Waals surface area contributed by atoms with Crippen LogP contribution in [-0.2, 0) is 20.7 Å². The predicted molar refractivity (Wildman–Crippen MR) is 80.0 cm³/mol. The topological polar surface area (TPSA) is 38.8 Å². The molecule has 114 valence electrons. The van der Waals surface area contributed by atoms with E-state index in [1.165, 1.54) is 0 Å². The van der Waals surface area contributed by atoms with Gasteiger partial charge in [-0.05, 0) is 24.3 Å². The zero-order valence-corrected chi connectivity index (χ0v) is 12.5. The van der Waals surface area contributed by atoms with Crippen LogP contribution in [0.4, 0.5) is 0 Å². The molecule has 1 aliphatic heterocycles. The highest BCUT2D eigenvalue weighted by Crippen LogP contribution is 2.34. The highest BCUT2D eigenvalue weighted by Gasteiger charge is 2.42. The molecule has 0 aromatic heterocycles. The van der Waals surface area contributed by atoms with Crippen LogP contribution in [-0.4, -0.2) is 49.8 Å². The van der Waals surface area contributed by atoms with Crippen LogP contribution in [0.3, 0.4) is 0 Å². The number of carbonyl (C=O) groups is 1. The van der Waals surface area contributed by atoms with E-state index in [1.54, 1.807) is 7.11 Å². The fourth-order valence-electron chi connectivity index (χ4n) is 3.60. The third-order valence-corrected chi connectivity index (χ3v) is 4.55. The molecule has 1 saturated carbocycles. The first-order valence-corrected chi connectivity index (χ1v) is 7.72. The lowest BCUT2D eigenvalue weighted by Crippen LogP contribution is -2.51. The lowest BCUT2D eigenvalue weighted by Gasteiger charge is -2.37. The van der Waals surface area contributed by atoms with E-state index < -0.39 is 0 Å². The Kier molecular flexibility index (Phi) is 4.56. The second kappa shape index (κ2) is 6.58. The summed E-state index contributed by atoms with van der Waals surface area (Å²) in [5, 5.41) is 0. The van der Waals surface area contributed by atoms with E-state index in [0.717, 1.165) is 25.0 Å². The molecule has 0 spiro atoms. The summed E-state index contributed by atoms with van der Waals surface area (Å²) in [7, 11) is 1.74.